The summed E-state index contributed by atoms with van der Waals surface area (Å²) >= 11 is 0. The molecule has 0 bridgehead atoms. The summed E-state index contributed by atoms with van der Waals surface area (Å²) in [5.41, 5.74) is -1.30. The van der Waals surface area contributed by atoms with E-state index in [1.54, 1.807) is 0 Å². The van der Waals surface area contributed by atoms with Gasteiger partial charge in [-0.2, -0.15) is 13.2 Å². The van der Waals surface area contributed by atoms with Crippen LogP contribution >= 0.6 is 0 Å². The zero-order chi connectivity index (χ0) is 15.0. The van der Waals surface area contributed by atoms with Crippen LogP contribution in [0.1, 0.15) is 12.0 Å². The molecule has 1 amide bonds. The van der Waals surface area contributed by atoms with Gasteiger partial charge >= 0.3 is 6.18 Å². The number of hydrogen-bond acceptors (Lipinski definition) is 3. The Balaban J connectivity index is 2.17. The van der Waals surface area contributed by atoms with Crippen LogP contribution < -0.4 is 5.32 Å². The number of anilines is 1. The molecule has 1 N–H and O–H groups in total. The van der Waals surface area contributed by atoms with E-state index in [-0.39, 0.29) is 23.6 Å². The molecule has 1 atom stereocenters. The highest BCUT2D eigenvalue weighted by Gasteiger charge is 2.36. The van der Waals surface area contributed by atoms with Crippen LogP contribution in [0.4, 0.5) is 18.9 Å². The Labute approximate surface area is 113 Å². The second-order valence-electron chi connectivity index (χ2n) is 4.63. The van der Waals surface area contributed by atoms with Gasteiger partial charge in [0.05, 0.1) is 28.7 Å². The van der Waals surface area contributed by atoms with E-state index in [9.17, 15) is 26.4 Å². The van der Waals surface area contributed by atoms with Gasteiger partial charge in [0.15, 0.2) is 9.84 Å². The molecule has 1 saturated heterocycles. The zero-order valence-electron chi connectivity index (χ0n) is 10.3. The Kier molecular flexibility index (Phi) is 3.77. The van der Waals surface area contributed by atoms with Crippen molar-refractivity contribution >= 4 is 21.4 Å². The minimum atomic E-state index is -4.58. The summed E-state index contributed by atoms with van der Waals surface area (Å²) in [6, 6.07) is 4.60. The van der Waals surface area contributed by atoms with Crippen LogP contribution in [0.25, 0.3) is 0 Å². The predicted octanol–water partition coefficient (Wildman–Crippen LogP) is 2.08. The number of carbonyl (C=O) groups excluding carboxylic acids is 1. The number of rotatable bonds is 2. The Morgan fingerprint density at radius 3 is 2.45 bits per heavy atom. The third-order valence-corrected chi connectivity index (χ3v) is 4.86. The largest absolute Gasteiger partial charge is 0.418 e. The van der Waals surface area contributed by atoms with Gasteiger partial charge in [-0.15, -0.1) is 0 Å². The van der Waals surface area contributed by atoms with E-state index in [4.69, 9.17) is 0 Å². The third-order valence-electron chi connectivity index (χ3n) is 3.09. The standard InChI is InChI=1S/C12H12F3NO3S/c13-12(14,15)9-3-1-2-4-10(9)16-11(17)8-5-6-20(18,19)7-8/h1-4,8H,5-7H2,(H,16,17). The summed E-state index contributed by atoms with van der Waals surface area (Å²) in [5.74, 6) is -1.90. The van der Waals surface area contributed by atoms with Crippen LogP contribution in [0.2, 0.25) is 0 Å². The fraction of sp³-hybridized carbons (Fsp3) is 0.417. The SMILES string of the molecule is O=C(Nc1ccccc1C(F)(F)F)C1CCS(=O)(=O)C1. The molecule has 1 heterocycles. The number of para-hydroxylation sites is 1. The van der Waals surface area contributed by atoms with Gasteiger partial charge in [0, 0.05) is 0 Å². The van der Waals surface area contributed by atoms with Crippen molar-refractivity contribution in [3.63, 3.8) is 0 Å². The molecule has 2 rings (SSSR count). The lowest BCUT2D eigenvalue weighted by molar-refractivity contribution is -0.137. The molecule has 1 fully saturated rings. The first kappa shape index (κ1) is 14.8. The van der Waals surface area contributed by atoms with Gasteiger partial charge in [-0.1, -0.05) is 12.1 Å². The van der Waals surface area contributed by atoms with Gasteiger partial charge in [-0.05, 0) is 18.6 Å². The van der Waals surface area contributed by atoms with Crippen LogP contribution in [0, 0.1) is 5.92 Å². The maximum absolute atomic E-state index is 12.8. The van der Waals surface area contributed by atoms with E-state index in [2.05, 4.69) is 5.32 Å². The van der Waals surface area contributed by atoms with Crippen molar-refractivity contribution in [3.05, 3.63) is 29.8 Å². The number of alkyl halides is 3. The highest BCUT2D eigenvalue weighted by Crippen LogP contribution is 2.35. The van der Waals surface area contributed by atoms with Crippen molar-refractivity contribution in [2.75, 3.05) is 16.8 Å². The summed E-state index contributed by atoms with van der Waals surface area (Å²) in [7, 11) is -3.25. The number of amides is 1. The van der Waals surface area contributed by atoms with Crippen LogP contribution in [0.3, 0.4) is 0 Å². The first-order valence-electron chi connectivity index (χ1n) is 5.86. The number of sulfone groups is 1. The maximum atomic E-state index is 12.8. The first-order chi connectivity index (χ1) is 9.19. The number of halogens is 3. The van der Waals surface area contributed by atoms with Crippen LogP contribution in [-0.4, -0.2) is 25.8 Å². The lowest BCUT2D eigenvalue weighted by Gasteiger charge is -2.15. The molecule has 1 unspecified atom stereocenters. The van der Waals surface area contributed by atoms with Crippen molar-refractivity contribution < 1.29 is 26.4 Å². The van der Waals surface area contributed by atoms with Gasteiger partial charge < -0.3 is 5.32 Å². The van der Waals surface area contributed by atoms with Crippen molar-refractivity contribution in [2.24, 2.45) is 5.92 Å². The quantitative estimate of drug-likeness (QED) is 0.910. The molecular weight excluding hydrogens is 295 g/mol. The van der Waals surface area contributed by atoms with E-state index in [0.29, 0.717) is 0 Å². The molecule has 4 nitrogen and oxygen atoms in total. The molecular formula is C12H12F3NO3S. The number of carbonyl (C=O) groups is 1. The monoisotopic (exact) mass is 307 g/mol. The van der Waals surface area contributed by atoms with Crippen molar-refractivity contribution in [1.82, 2.24) is 0 Å². The van der Waals surface area contributed by atoms with Crippen LogP contribution in [0.5, 0.6) is 0 Å². The molecule has 0 aromatic heterocycles. The molecule has 0 spiro atoms. The Hall–Kier alpha value is -1.57. The van der Waals surface area contributed by atoms with Gasteiger partial charge in [0.25, 0.3) is 0 Å². The number of hydrogen-bond donors (Lipinski definition) is 1. The molecule has 1 aliphatic rings. The zero-order valence-corrected chi connectivity index (χ0v) is 11.1. The van der Waals surface area contributed by atoms with Crippen molar-refractivity contribution in [3.8, 4) is 0 Å². The Bertz CT molecular complexity index is 625. The van der Waals surface area contributed by atoms with E-state index < -0.39 is 33.4 Å². The van der Waals surface area contributed by atoms with Crippen LogP contribution in [-0.2, 0) is 20.8 Å². The first-order valence-corrected chi connectivity index (χ1v) is 7.69. The molecule has 20 heavy (non-hydrogen) atoms. The van der Waals surface area contributed by atoms with E-state index in [1.807, 2.05) is 0 Å². The fourth-order valence-corrected chi connectivity index (χ4v) is 3.82. The normalized spacial score (nSPS) is 21.6. The topological polar surface area (TPSA) is 63.2 Å². The van der Waals surface area contributed by atoms with Crippen LogP contribution in [0.15, 0.2) is 24.3 Å². The lowest BCUT2D eigenvalue weighted by Crippen LogP contribution is -2.25. The predicted molar refractivity (Wildman–Crippen MR) is 66.8 cm³/mol. The minimum Gasteiger partial charge on any atom is -0.325 e. The molecule has 1 aromatic carbocycles. The molecule has 0 aliphatic carbocycles. The highest BCUT2D eigenvalue weighted by atomic mass is 32.2. The molecule has 1 aromatic rings. The second kappa shape index (κ2) is 5.08. The lowest BCUT2D eigenvalue weighted by atomic mass is 10.1. The maximum Gasteiger partial charge on any atom is 0.418 e. The average Bonchev–Trinajstić information content (AvgIpc) is 2.69. The summed E-state index contributed by atoms with van der Waals surface area (Å²) < 4.78 is 60.8. The minimum absolute atomic E-state index is 0.105. The Morgan fingerprint density at radius 2 is 1.90 bits per heavy atom. The summed E-state index contributed by atoms with van der Waals surface area (Å²) in [5, 5.41) is 2.17. The second-order valence-corrected chi connectivity index (χ2v) is 6.86. The smallest absolute Gasteiger partial charge is 0.325 e. The highest BCUT2D eigenvalue weighted by molar-refractivity contribution is 7.91. The summed E-state index contributed by atoms with van der Waals surface area (Å²) in [6.45, 7) is 0. The van der Waals surface area contributed by atoms with E-state index in [1.165, 1.54) is 12.1 Å². The van der Waals surface area contributed by atoms with Gasteiger partial charge in [0.2, 0.25) is 5.91 Å². The molecule has 0 saturated carbocycles. The Morgan fingerprint density at radius 1 is 1.25 bits per heavy atom. The van der Waals surface area contributed by atoms with Gasteiger partial charge in [0.1, 0.15) is 0 Å². The van der Waals surface area contributed by atoms with E-state index >= 15 is 0 Å². The molecule has 8 heteroatoms. The van der Waals surface area contributed by atoms with Crippen molar-refractivity contribution in [2.45, 2.75) is 12.6 Å². The third kappa shape index (κ3) is 3.30. The van der Waals surface area contributed by atoms with Gasteiger partial charge in [-0.25, -0.2) is 8.42 Å². The van der Waals surface area contributed by atoms with Crippen molar-refractivity contribution in [1.29, 1.82) is 0 Å². The molecule has 1 aliphatic heterocycles. The van der Waals surface area contributed by atoms with E-state index in [0.717, 1.165) is 12.1 Å². The van der Waals surface area contributed by atoms with Gasteiger partial charge in [-0.3, -0.25) is 4.79 Å². The number of benzene rings is 1. The molecule has 0 radical (unpaired) electrons. The number of nitrogens with one attached hydrogen (secondary N) is 1. The fourth-order valence-electron chi connectivity index (χ4n) is 2.08. The average molecular weight is 307 g/mol. The summed E-state index contributed by atoms with van der Waals surface area (Å²) in [6.07, 6.45) is -4.44. The molecule has 110 valence electrons. The summed E-state index contributed by atoms with van der Waals surface area (Å²) in [4.78, 5) is 11.8.